The normalized spacial score (nSPS) is 28.3. The van der Waals surface area contributed by atoms with Crippen LogP contribution in [0.5, 0.6) is 0 Å². The van der Waals surface area contributed by atoms with E-state index in [0.29, 0.717) is 15.3 Å². The average Bonchev–Trinajstić information content (AvgIpc) is 2.39. The lowest BCUT2D eigenvalue weighted by Crippen LogP contribution is -2.46. The highest BCUT2D eigenvalue weighted by Crippen LogP contribution is 2.34. The summed E-state index contributed by atoms with van der Waals surface area (Å²) in [6, 6.07) is 7.13. The molecule has 0 saturated heterocycles. The second-order valence-electron chi connectivity index (χ2n) is 5.33. The van der Waals surface area contributed by atoms with Crippen LogP contribution < -0.4 is 5.32 Å². The van der Waals surface area contributed by atoms with Crippen LogP contribution in [0.15, 0.2) is 33.6 Å². The zero-order valence-corrected chi connectivity index (χ0v) is 13.7. The lowest BCUT2D eigenvalue weighted by Gasteiger charge is -2.34. The SMILES string of the molecule is CNC1CCC(C)CC1S(=O)(=O)c1ccccc1Br. The Hall–Kier alpha value is -0.390. The van der Waals surface area contributed by atoms with Crippen molar-refractivity contribution < 1.29 is 8.42 Å². The van der Waals surface area contributed by atoms with Gasteiger partial charge < -0.3 is 5.32 Å². The molecule has 1 saturated carbocycles. The van der Waals surface area contributed by atoms with Crippen molar-refractivity contribution in [2.24, 2.45) is 5.92 Å². The molecule has 1 aromatic rings. The third-order valence-electron chi connectivity index (χ3n) is 3.97. The molecule has 1 aromatic carbocycles. The van der Waals surface area contributed by atoms with Gasteiger partial charge in [0.2, 0.25) is 0 Å². The highest BCUT2D eigenvalue weighted by Gasteiger charge is 2.38. The number of benzene rings is 1. The monoisotopic (exact) mass is 345 g/mol. The van der Waals surface area contributed by atoms with Gasteiger partial charge in [-0.05, 0) is 60.3 Å². The van der Waals surface area contributed by atoms with Crippen molar-refractivity contribution in [3.63, 3.8) is 0 Å². The van der Waals surface area contributed by atoms with Crippen molar-refractivity contribution in [2.75, 3.05) is 7.05 Å². The average molecular weight is 346 g/mol. The molecule has 3 nitrogen and oxygen atoms in total. The van der Waals surface area contributed by atoms with Crippen LogP contribution >= 0.6 is 15.9 Å². The van der Waals surface area contributed by atoms with Crippen molar-refractivity contribution >= 4 is 25.8 Å². The first kappa shape index (κ1) is 15.0. The summed E-state index contributed by atoms with van der Waals surface area (Å²) in [4.78, 5) is 0.411. The second-order valence-corrected chi connectivity index (χ2v) is 8.32. The Kier molecular flexibility index (Phi) is 4.69. The van der Waals surface area contributed by atoms with Gasteiger partial charge in [-0.15, -0.1) is 0 Å². The van der Waals surface area contributed by atoms with Crippen molar-refractivity contribution in [1.29, 1.82) is 0 Å². The lowest BCUT2D eigenvalue weighted by atomic mass is 9.87. The summed E-state index contributed by atoms with van der Waals surface area (Å²) in [6.45, 7) is 2.13. The molecule has 0 heterocycles. The topological polar surface area (TPSA) is 46.2 Å². The van der Waals surface area contributed by atoms with Gasteiger partial charge in [0.05, 0.1) is 10.1 Å². The molecule has 2 rings (SSSR count). The maximum absolute atomic E-state index is 12.9. The molecule has 5 heteroatoms. The van der Waals surface area contributed by atoms with E-state index in [9.17, 15) is 8.42 Å². The van der Waals surface area contributed by atoms with Crippen molar-refractivity contribution in [2.45, 2.75) is 42.4 Å². The molecule has 19 heavy (non-hydrogen) atoms. The quantitative estimate of drug-likeness (QED) is 0.915. The van der Waals surface area contributed by atoms with Crippen LogP contribution in [0, 0.1) is 5.92 Å². The summed E-state index contributed by atoms with van der Waals surface area (Å²) in [5, 5.41) is 2.84. The van der Waals surface area contributed by atoms with Gasteiger partial charge in [-0.3, -0.25) is 0 Å². The standard InChI is InChI=1S/C14H20BrNO2S/c1-10-7-8-12(16-2)14(9-10)19(17,18)13-6-4-3-5-11(13)15/h3-6,10,12,14,16H,7-9H2,1-2H3. The number of hydrogen-bond acceptors (Lipinski definition) is 3. The minimum atomic E-state index is -3.30. The molecule has 0 spiro atoms. The van der Waals surface area contributed by atoms with E-state index in [-0.39, 0.29) is 11.3 Å². The summed E-state index contributed by atoms with van der Waals surface area (Å²) in [7, 11) is -1.45. The molecule has 0 radical (unpaired) electrons. The van der Waals surface area contributed by atoms with Crippen LogP contribution in [0.2, 0.25) is 0 Å². The third kappa shape index (κ3) is 3.03. The summed E-state index contributed by atoms with van der Waals surface area (Å²) in [5.74, 6) is 0.465. The minimum Gasteiger partial charge on any atom is -0.316 e. The van der Waals surface area contributed by atoms with E-state index < -0.39 is 9.84 Å². The Bertz CT molecular complexity index is 544. The van der Waals surface area contributed by atoms with Crippen LogP contribution in [-0.4, -0.2) is 26.8 Å². The predicted molar refractivity (Wildman–Crippen MR) is 81.0 cm³/mol. The first-order valence-electron chi connectivity index (χ1n) is 6.62. The molecular formula is C14H20BrNO2S. The van der Waals surface area contributed by atoms with Crippen LogP contribution in [0.1, 0.15) is 26.2 Å². The van der Waals surface area contributed by atoms with E-state index in [1.165, 1.54) is 0 Å². The molecule has 1 aliphatic carbocycles. The molecule has 106 valence electrons. The first-order chi connectivity index (χ1) is 8.96. The number of nitrogens with one attached hydrogen (secondary N) is 1. The van der Waals surface area contributed by atoms with E-state index in [0.717, 1.165) is 19.3 Å². The summed E-state index contributed by atoms with van der Waals surface area (Å²) in [6.07, 6.45) is 2.74. The molecule has 3 unspecified atom stereocenters. The van der Waals surface area contributed by atoms with Crippen molar-refractivity contribution in [3.8, 4) is 0 Å². The first-order valence-corrected chi connectivity index (χ1v) is 8.96. The fourth-order valence-electron chi connectivity index (χ4n) is 2.84. The Morgan fingerprint density at radius 2 is 1.95 bits per heavy atom. The summed E-state index contributed by atoms with van der Waals surface area (Å²) in [5.41, 5.74) is 0. The molecule has 0 amide bonds. The lowest BCUT2D eigenvalue weighted by molar-refractivity contribution is 0.319. The second kappa shape index (κ2) is 5.94. The molecule has 3 atom stereocenters. The predicted octanol–water partition coefficient (Wildman–Crippen LogP) is 3.00. The fourth-order valence-corrected chi connectivity index (χ4v) is 6.02. The van der Waals surface area contributed by atoms with Gasteiger partial charge >= 0.3 is 0 Å². The third-order valence-corrected chi connectivity index (χ3v) is 7.21. The van der Waals surface area contributed by atoms with Crippen molar-refractivity contribution in [1.82, 2.24) is 5.32 Å². The number of rotatable bonds is 3. The van der Waals surface area contributed by atoms with Crippen molar-refractivity contribution in [3.05, 3.63) is 28.7 Å². The molecular weight excluding hydrogens is 326 g/mol. The van der Waals surface area contributed by atoms with E-state index in [2.05, 4.69) is 28.2 Å². The number of halogens is 1. The highest BCUT2D eigenvalue weighted by molar-refractivity contribution is 9.10. The van der Waals surface area contributed by atoms with E-state index in [1.807, 2.05) is 13.1 Å². The van der Waals surface area contributed by atoms with Crippen LogP contribution in [-0.2, 0) is 9.84 Å². The molecule has 0 bridgehead atoms. The Labute approximate surface area is 123 Å². The summed E-state index contributed by atoms with van der Waals surface area (Å²) < 4.78 is 26.4. The van der Waals surface area contributed by atoms with E-state index in [1.54, 1.807) is 18.2 Å². The highest BCUT2D eigenvalue weighted by atomic mass is 79.9. The Morgan fingerprint density at radius 1 is 1.26 bits per heavy atom. The molecule has 1 fully saturated rings. The number of hydrogen-bond donors (Lipinski definition) is 1. The van der Waals surface area contributed by atoms with Crippen LogP contribution in [0.4, 0.5) is 0 Å². The summed E-state index contributed by atoms with van der Waals surface area (Å²) >= 11 is 3.36. The molecule has 0 aliphatic heterocycles. The fraction of sp³-hybridized carbons (Fsp3) is 0.571. The maximum atomic E-state index is 12.9. The van der Waals surface area contributed by atoms with Gasteiger partial charge in [-0.2, -0.15) is 0 Å². The van der Waals surface area contributed by atoms with E-state index in [4.69, 9.17) is 0 Å². The van der Waals surface area contributed by atoms with Gasteiger partial charge in [0.25, 0.3) is 0 Å². The molecule has 1 N–H and O–H groups in total. The van der Waals surface area contributed by atoms with E-state index >= 15 is 0 Å². The van der Waals surface area contributed by atoms with Gasteiger partial charge in [0.15, 0.2) is 9.84 Å². The van der Waals surface area contributed by atoms with Crippen LogP contribution in [0.25, 0.3) is 0 Å². The van der Waals surface area contributed by atoms with Gasteiger partial charge in [0.1, 0.15) is 0 Å². The largest absolute Gasteiger partial charge is 0.316 e. The van der Waals surface area contributed by atoms with Crippen LogP contribution in [0.3, 0.4) is 0 Å². The van der Waals surface area contributed by atoms with Gasteiger partial charge in [-0.25, -0.2) is 8.42 Å². The smallest absolute Gasteiger partial charge is 0.183 e. The molecule has 1 aliphatic rings. The van der Waals surface area contributed by atoms with Gasteiger partial charge in [0, 0.05) is 10.5 Å². The zero-order valence-electron chi connectivity index (χ0n) is 11.3. The van der Waals surface area contributed by atoms with Gasteiger partial charge in [-0.1, -0.05) is 19.1 Å². The minimum absolute atomic E-state index is 0.0494. The Morgan fingerprint density at radius 3 is 2.58 bits per heavy atom. The molecule has 0 aromatic heterocycles. The number of sulfone groups is 1. The zero-order chi connectivity index (χ0) is 14.0. The Balaban J connectivity index is 2.40. The maximum Gasteiger partial charge on any atom is 0.183 e.